The summed E-state index contributed by atoms with van der Waals surface area (Å²) < 4.78 is 1.67. The predicted molar refractivity (Wildman–Crippen MR) is 61.1 cm³/mol. The molecule has 6 nitrogen and oxygen atoms in total. The molecular formula is C10H6N4O2S. The molecule has 0 fully saturated rings. The summed E-state index contributed by atoms with van der Waals surface area (Å²) in [5.41, 5.74) is 0.849. The van der Waals surface area contributed by atoms with Gasteiger partial charge >= 0.3 is 5.97 Å². The Morgan fingerprint density at radius 2 is 2.06 bits per heavy atom. The zero-order valence-corrected chi connectivity index (χ0v) is 9.26. The number of carboxylic acids is 1. The molecule has 0 spiro atoms. The standard InChI is InChI=1S/C10H6N4O2S/c15-9(16)7-5-14-8(12-13-10(14)17-7)6-1-3-11-4-2-6/h1-5H,(H,15,16). The van der Waals surface area contributed by atoms with E-state index in [0.717, 1.165) is 16.9 Å². The summed E-state index contributed by atoms with van der Waals surface area (Å²) in [6.45, 7) is 0. The van der Waals surface area contributed by atoms with E-state index in [-0.39, 0.29) is 4.88 Å². The summed E-state index contributed by atoms with van der Waals surface area (Å²) >= 11 is 1.10. The van der Waals surface area contributed by atoms with E-state index in [2.05, 4.69) is 15.2 Å². The van der Waals surface area contributed by atoms with Crippen molar-refractivity contribution in [2.75, 3.05) is 0 Å². The lowest BCUT2D eigenvalue weighted by Crippen LogP contribution is -1.92. The van der Waals surface area contributed by atoms with Crippen LogP contribution in [0.2, 0.25) is 0 Å². The first-order valence-corrected chi connectivity index (χ1v) is 5.55. The van der Waals surface area contributed by atoms with Gasteiger partial charge in [0.1, 0.15) is 4.88 Å². The number of hydrogen-bond donors (Lipinski definition) is 1. The van der Waals surface area contributed by atoms with Crippen LogP contribution in [-0.4, -0.2) is 30.7 Å². The first kappa shape index (κ1) is 9.91. The molecule has 3 rings (SSSR count). The number of carboxylic acid groups (broad SMARTS) is 1. The Kier molecular flexibility index (Phi) is 2.12. The van der Waals surface area contributed by atoms with Crippen molar-refractivity contribution < 1.29 is 9.90 Å². The van der Waals surface area contributed by atoms with Gasteiger partial charge in [-0.1, -0.05) is 11.3 Å². The molecule has 0 aliphatic rings. The Morgan fingerprint density at radius 1 is 1.29 bits per heavy atom. The first-order valence-electron chi connectivity index (χ1n) is 4.74. The minimum Gasteiger partial charge on any atom is -0.477 e. The van der Waals surface area contributed by atoms with E-state index in [1.54, 1.807) is 28.9 Å². The third-order valence-electron chi connectivity index (χ3n) is 2.26. The number of rotatable bonds is 2. The summed E-state index contributed by atoms with van der Waals surface area (Å²) in [5, 5.41) is 16.9. The Labute approximate surface area is 99.2 Å². The van der Waals surface area contributed by atoms with Gasteiger partial charge in [0.25, 0.3) is 0 Å². The molecule has 7 heteroatoms. The SMILES string of the molecule is O=C(O)c1cn2c(-c3ccncc3)nnc2s1. The van der Waals surface area contributed by atoms with Crippen molar-refractivity contribution in [1.29, 1.82) is 0 Å². The molecule has 0 aliphatic carbocycles. The minimum atomic E-state index is -0.957. The molecule has 0 atom stereocenters. The molecule has 1 N–H and O–H groups in total. The van der Waals surface area contributed by atoms with E-state index in [1.807, 2.05) is 0 Å². The molecule has 0 radical (unpaired) electrons. The topological polar surface area (TPSA) is 80.4 Å². The van der Waals surface area contributed by atoms with Gasteiger partial charge in [-0.15, -0.1) is 10.2 Å². The Balaban J connectivity index is 2.21. The maximum absolute atomic E-state index is 10.9. The number of thiazole rings is 1. The second-order valence-corrected chi connectivity index (χ2v) is 4.32. The van der Waals surface area contributed by atoms with Crippen LogP contribution >= 0.6 is 11.3 Å². The molecule has 0 unspecified atom stereocenters. The number of carbonyl (C=O) groups is 1. The third-order valence-corrected chi connectivity index (χ3v) is 3.22. The fourth-order valence-electron chi connectivity index (χ4n) is 1.50. The Morgan fingerprint density at radius 3 is 2.76 bits per heavy atom. The second-order valence-electron chi connectivity index (χ2n) is 3.31. The second kappa shape index (κ2) is 3.63. The quantitative estimate of drug-likeness (QED) is 0.742. The molecule has 3 aromatic heterocycles. The van der Waals surface area contributed by atoms with E-state index in [4.69, 9.17) is 5.11 Å². The zero-order valence-electron chi connectivity index (χ0n) is 8.44. The molecule has 0 bridgehead atoms. The monoisotopic (exact) mass is 246 g/mol. The lowest BCUT2D eigenvalue weighted by Gasteiger charge is -1.95. The van der Waals surface area contributed by atoms with Crippen LogP contribution in [0.5, 0.6) is 0 Å². The van der Waals surface area contributed by atoms with Gasteiger partial charge in [0.15, 0.2) is 5.82 Å². The number of aromatic carboxylic acids is 1. The molecule has 0 aromatic carbocycles. The van der Waals surface area contributed by atoms with Crippen molar-refractivity contribution in [3.05, 3.63) is 35.6 Å². The summed E-state index contributed by atoms with van der Waals surface area (Å²) in [6.07, 6.45) is 4.83. The summed E-state index contributed by atoms with van der Waals surface area (Å²) in [7, 11) is 0. The lowest BCUT2D eigenvalue weighted by atomic mass is 10.2. The van der Waals surface area contributed by atoms with Crippen LogP contribution in [0.15, 0.2) is 30.7 Å². The van der Waals surface area contributed by atoms with Crippen LogP contribution in [0.25, 0.3) is 16.3 Å². The van der Waals surface area contributed by atoms with E-state index in [9.17, 15) is 4.79 Å². The van der Waals surface area contributed by atoms with Crippen LogP contribution in [0.3, 0.4) is 0 Å². The maximum atomic E-state index is 10.9. The first-order chi connectivity index (χ1) is 8.25. The van der Waals surface area contributed by atoms with E-state index < -0.39 is 5.97 Å². The molecule has 3 heterocycles. The highest BCUT2D eigenvalue weighted by Crippen LogP contribution is 2.23. The average Bonchev–Trinajstić information content (AvgIpc) is 2.89. The van der Waals surface area contributed by atoms with Crippen molar-refractivity contribution in [1.82, 2.24) is 19.6 Å². The summed E-state index contributed by atoms with van der Waals surface area (Å²) in [4.78, 5) is 15.6. The van der Waals surface area contributed by atoms with Crippen LogP contribution in [0.1, 0.15) is 9.67 Å². The van der Waals surface area contributed by atoms with Gasteiger partial charge < -0.3 is 5.11 Å². The summed E-state index contributed by atoms with van der Waals surface area (Å²) in [5.74, 6) is -0.340. The molecule has 0 amide bonds. The van der Waals surface area contributed by atoms with Crippen molar-refractivity contribution in [3.8, 4) is 11.4 Å². The van der Waals surface area contributed by atoms with Crippen LogP contribution in [0.4, 0.5) is 0 Å². The number of nitrogens with zero attached hydrogens (tertiary/aromatic N) is 4. The summed E-state index contributed by atoms with van der Waals surface area (Å²) in [6, 6.07) is 3.60. The number of fused-ring (bicyclic) bond motifs is 1. The highest BCUT2D eigenvalue weighted by Gasteiger charge is 2.14. The smallest absolute Gasteiger partial charge is 0.347 e. The molecular weight excluding hydrogens is 240 g/mol. The predicted octanol–water partition coefficient (Wildman–Crippen LogP) is 1.55. The van der Waals surface area contributed by atoms with Gasteiger partial charge in [-0.25, -0.2) is 4.79 Å². The van der Waals surface area contributed by atoms with Crippen molar-refractivity contribution in [2.45, 2.75) is 0 Å². The van der Waals surface area contributed by atoms with Crippen molar-refractivity contribution >= 4 is 22.3 Å². The zero-order chi connectivity index (χ0) is 11.8. The molecule has 84 valence electrons. The van der Waals surface area contributed by atoms with E-state index in [0.29, 0.717) is 10.8 Å². The molecule has 0 saturated heterocycles. The molecule has 0 saturated carbocycles. The van der Waals surface area contributed by atoms with Gasteiger partial charge in [0.05, 0.1) is 0 Å². The highest BCUT2D eigenvalue weighted by atomic mass is 32.1. The third kappa shape index (κ3) is 1.56. The van der Waals surface area contributed by atoms with Crippen LogP contribution < -0.4 is 0 Å². The van der Waals surface area contributed by atoms with Crippen LogP contribution in [-0.2, 0) is 0 Å². The fraction of sp³-hybridized carbons (Fsp3) is 0. The normalized spacial score (nSPS) is 10.8. The van der Waals surface area contributed by atoms with Gasteiger partial charge in [-0.2, -0.15) is 0 Å². The average molecular weight is 246 g/mol. The minimum absolute atomic E-state index is 0.241. The fourth-order valence-corrected chi connectivity index (χ4v) is 2.26. The highest BCUT2D eigenvalue weighted by molar-refractivity contribution is 7.18. The van der Waals surface area contributed by atoms with Gasteiger partial charge in [0, 0.05) is 24.2 Å². The number of hydrogen-bond acceptors (Lipinski definition) is 5. The maximum Gasteiger partial charge on any atom is 0.347 e. The lowest BCUT2D eigenvalue weighted by molar-refractivity contribution is 0.0702. The van der Waals surface area contributed by atoms with Crippen molar-refractivity contribution in [2.24, 2.45) is 0 Å². The van der Waals surface area contributed by atoms with Crippen molar-refractivity contribution in [3.63, 3.8) is 0 Å². The van der Waals surface area contributed by atoms with E-state index >= 15 is 0 Å². The molecule has 3 aromatic rings. The van der Waals surface area contributed by atoms with Crippen LogP contribution in [0, 0.1) is 0 Å². The van der Waals surface area contributed by atoms with Gasteiger partial charge in [0.2, 0.25) is 4.96 Å². The largest absolute Gasteiger partial charge is 0.477 e. The molecule has 17 heavy (non-hydrogen) atoms. The number of aromatic nitrogens is 4. The molecule has 0 aliphatic heterocycles. The Hall–Kier alpha value is -2.28. The van der Waals surface area contributed by atoms with Gasteiger partial charge in [-0.05, 0) is 12.1 Å². The Bertz CT molecular complexity index is 689. The van der Waals surface area contributed by atoms with E-state index in [1.165, 1.54) is 6.20 Å². The van der Waals surface area contributed by atoms with Gasteiger partial charge in [-0.3, -0.25) is 9.38 Å². The number of pyridine rings is 1.